The van der Waals surface area contributed by atoms with Crippen LogP contribution in [0, 0.1) is 5.41 Å². The zero-order valence-electron chi connectivity index (χ0n) is 11.9. The van der Waals surface area contributed by atoms with E-state index in [1.54, 1.807) is 7.11 Å². The summed E-state index contributed by atoms with van der Waals surface area (Å²) in [6.45, 7) is 5.32. The highest BCUT2D eigenvalue weighted by Crippen LogP contribution is 2.29. The van der Waals surface area contributed by atoms with E-state index < -0.39 is 0 Å². The van der Waals surface area contributed by atoms with Gasteiger partial charge in [-0.15, -0.1) is 0 Å². The summed E-state index contributed by atoms with van der Waals surface area (Å²) in [7, 11) is 1.66. The van der Waals surface area contributed by atoms with Crippen molar-refractivity contribution in [3.05, 3.63) is 27.7 Å². The normalized spacial score (nSPS) is 11.4. The van der Waals surface area contributed by atoms with Crippen molar-refractivity contribution in [1.82, 2.24) is 5.32 Å². The minimum atomic E-state index is -0.223. The third kappa shape index (κ3) is 4.85. The number of rotatable bonds is 6. The van der Waals surface area contributed by atoms with Crippen molar-refractivity contribution in [2.24, 2.45) is 5.41 Å². The van der Waals surface area contributed by atoms with Gasteiger partial charge in [-0.3, -0.25) is 4.79 Å². The number of carbonyl (C=O) groups is 1. The number of hydrogen-bond donors (Lipinski definition) is 2. The van der Waals surface area contributed by atoms with Crippen molar-refractivity contribution in [1.29, 1.82) is 0 Å². The highest BCUT2D eigenvalue weighted by atomic mass is 35.5. The lowest BCUT2D eigenvalue weighted by molar-refractivity contribution is 0.0921. The molecule has 0 unspecified atom stereocenters. The molecule has 0 atom stereocenters. The van der Waals surface area contributed by atoms with Crippen LogP contribution in [0.25, 0.3) is 0 Å². The maximum atomic E-state index is 12.1. The second-order valence-corrected chi connectivity index (χ2v) is 6.26. The lowest BCUT2D eigenvalue weighted by Crippen LogP contribution is -2.34. The molecule has 1 rings (SSSR count). The van der Waals surface area contributed by atoms with Crippen LogP contribution < -0.4 is 11.1 Å². The second-order valence-electron chi connectivity index (χ2n) is 5.44. The highest BCUT2D eigenvalue weighted by molar-refractivity contribution is 6.39. The van der Waals surface area contributed by atoms with Gasteiger partial charge in [0, 0.05) is 25.8 Å². The monoisotopic (exact) mass is 318 g/mol. The third-order valence-electron chi connectivity index (χ3n) is 3.05. The van der Waals surface area contributed by atoms with E-state index in [9.17, 15) is 4.79 Å². The van der Waals surface area contributed by atoms with Gasteiger partial charge in [-0.05, 0) is 24.0 Å². The second kappa shape index (κ2) is 7.16. The Morgan fingerprint density at radius 3 is 2.40 bits per heavy atom. The molecule has 112 valence electrons. The SMILES string of the molecule is COCCC(C)(C)CNC(=O)c1cc(Cl)c(N)c(Cl)c1. The number of hydrogen-bond acceptors (Lipinski definition) is 3. The summed E-state index contributed by atoms with van der Waals surface area (Å²) in [6.07, 6.45) is 0.854. The molecular weight excluding hydrogens is 299 g/mol. The van der Waals surface area contributed by atoms with Crippen molar-refractivity contribution >= 4 is 34.8 Å². The first-order valence-corrected chi connectivity index (χ1v) is 7.04. The number of anilines is 1. The molecule has 0 aliphatic carbocycles. The Balaban J connectivity index is 2.68. The molecule has 20 heavy (non-hydrogen) atoms. The summed E-state index contributed by atoms with van der Waals surface area (Å²) < 4.78 is 5.05. The molecule has 1 amide bonds. The molecule has 3 N–H and O–H groups in total. The lowest BCUT2D eigenvalue weighted by Gasteiger charge is -2.24. The minimum Gasteiger partial charge on any atom is -0.396 e. The zero-order chi connectivity index (χ0) is 15.3. The van der Waals surface area contributed by atoms with Crippen molar-refractivity contribution in [3.63, 3.8) is 0 Å². The molecule has 0 heterocycles. The number of halogens is 2. The van der Waals surface area contributed by atoms with Crippen LogP contribution in [0.2, 0.25) is 10.0 Å². The molecule has 0 radical (unpaired) electrons. The average molecular weight is 319 g/mol. The van der Waals surface area contributed by atoms with Gasteiger partial charge < -0.3 is 15.8 Å². The quantitative estimate of drug-likeness (QED) is 0.790. The van der Waals surface area contributed by atoms with E-state index in [0.717, 1.165) is 6.42 Å². The summed E-state index contributed by atoms with van der Waals surface area (Å²) in [4.78, 5) is 12.1. The average Bonchev–Trinajstić information content (AvgIpc) is 2.39. The van der Waals surface area contributed by atoms with Crippen LogP contribution in [0.3, 0.4) is 0 Å². The van der Waals surface area contributed by atoms with Gasteiger partial charge >= 0.3 is 0 Å². The van der Waals surface area contributed by atoms with Gasteiger partial charge in [-0.1, -0.05) is 37.0 Å². The standard InChI is InChI=1S/C14H20Cl2N2O2/c1-14(2,4-5-20-3)8-18-13(19)9-6-10(15)12(17)11(16)7-9/h6-7H,4-5,8,17H2,1-3H3,(H,18,19). The molecular formula is C14H20Cl2N2O2. The molecule has 0 saturated carbocycles. The summed E-state index contributed by atoms with van der Waals surface area (Å²) in [5.41, 5.74) is 6.27. The summed E-state index contributed by atoms with van der Waals surface area (Å²) in [5, 5.41) is 3.43. The molecule has 1 aromatic rings. The van der Waals surface area contributed by atoms with Gasteiger partial charge in [0.15, 0.2) is 0 Å². The van der Waals surface area contributed by atoms with E-state index in [2.05, 4.69) is 19.2 Å². The molecule has 0 bridgehead atoms. The molecule has 6 heteroatoms. The van der Waals surface area contributed by atoms with Crippen LogP contribution >= 0.6 is 23.2 Å². The third-order valence-corrected chi connectivity index (χ3v) is 3.68. The van der Waals surface area contributed by atoms with Crippen LogP contribution in [0.5, 0.6) is 0 Å². The smallest absolute Gasteiger partial charge is 0.251 e. The van der Waals surface area contributed by atoms with Crippen molar-refractivity contribution in [3.8, 4) is 0 Å². The number of amides is 1. The fourth-order valence-electron chi connectivity index (χ4n) is 1.60. The molecule has 1 aromatic carbocycles. The van der Waals surface area contributed by atoms with E-state index in [0.29, 0.717) is 18.7 Å². The predicted octanol–water partition coefficient (Wildman–Crippen LogP) is 3.37. The van der Waals surface area contributed by atoms with E-state index >= 15 is 0 Å². The zero-order valence-corrected chi connectivity index (χ0v) is 13.4. The van der Waals surface area contributed by atoms with Gasteiger partial charge in [0.1, 0.15) is 0 Å². The van der Waals surface area contributed by atoms with Crippen LogP contribution in [-0.2, 0) is 4.74 Å². The molecule has 0 aromatic heterocycles. The Bertz CT molecular complexity index is 467. The molecule has 0 aliphatic heterocycles. The first kappa shape index (κ1) is 17.1. The van der Waals surface area contributed by atoms with Crippen LogP contribution in [0.15, 0.2) is 12.1 Å². The molecule has 0 fully saturated rings. The fraction of sp³-hybridized carbons (Fsp3) is 0.500. The Morgan fingerprint density at radius 2 is 1.90 bits per heavy atom. The molecule has 4 nitrogen and oxygen atoms in total. The van der Waals surface area contributed by atoms with Gasteiger partial charge in [-0.25, -0.2) is 0 Å². The van der Waals surface area contributed by atoms with Gasteiger partial charge in [-0.2, -0.15) is 0 Å². The number of ether oxygens (including phenoxy) is 1. The first-order chi connectivity index (χ1) is 9.26. The Morgan fingerprint density at radius 1 is 1.35 bits per heavy atom. The number of methoxy groups -OCH3 is 1. The number of nitrogens with two attached hydrogens (primary N) is 1. The van der Waals surface area contributed by atoms with Crippen LogP contribution in [0.1, 0.15) is 30.6 Å². The minimum absolute atomic E-state index is 0.0485. The summed E-state index contributed by atoms with van der Waals surface area (Å²) in [5.74, 6) is -0.223. The summed E-state index contributed by atoms with van der Waals surface area (Å²) in [6, 6.07) is 3.03. The summed E-state index contributed by atoms with van der Waals surface area (Å²) >= 11 is 11.8. The van der Waals surface area contributed by atoms with Crippen molar-refractivity contribution in [2.45, 2.75) is 20.3 Å². The Kier molecular flexibility index (Phi) is 6.11. The van der Waals surface area contributed by atoms with Gasteiger partial charge in [0.05, 0.1) is 15.7 Å². The maximum Gasteiger partial charge on any atom is 0.251 e. The van der Waals surface area contributed by atoms with E-state index in [4.69, 9.17) is 33.7 Å². The maximum absolute atomic E-state index is 12.1. The number of nitrogen functional groups attached to an aromatic ring is 1. The molecule has 0 aliphatic rings. The van der Waals surface area contributed by atoms with Crippen LogP contribution in [0.4, 0.5) is 5.69 Å². The predicted molar refractivity (Wildman–Crippen MR) is 83.5 cm³/mol. The lowest BCUT2D eigenvalue weighted by atomic mass is 9.89. The van der Waals surface area contributed by atoms with E-state index in [-0.39, 0.29) is 27.1 Å². The number of nitrogens with one attached hydrogen (secondary N) is 1. The van der Waals surface area contributed by atoms with E-state index in [1.165, 1.54) is 12.1 Å². The first-order valence-electron chi connectivity index (χ1n) is 6.28. The van der Waals surface area contributed by atoms with Crippen molar-refractivity contribution in [2.75, 3.05) is 26.0 Å². The largest absolute Gasteiger partial charge is 0.396 e. The number of carbonyl (C=O) groups excluding carboxylic acids is 1. The highest BCUT2D eigenvalue weighted by Gasteiger charge is 2.19. The fourth-order valence-corrected chi connectivity index (χ4v) is 2.09. The Labute approximate surface area is 129 Å². The molecule has 0 spiro atoms. The van der Waals surface area contributed by atoms with Crippen molar-refractivity contribution < 1.29 is 9.53 Å². The van der Waals surface area contributed by atoms with E-state index in [1.807, 2.05) is 0 Å². The Hall–Kier alpha value is -0.970. The number of benzene rings is 1. The van der Waals surface area contributed by atoms with Gasteiger partial charge in [0.25, 0.3) is 5.91 Å². The topological polar surface area (TPSA) is 64.3 Å². The van der Waals surface area contributed by atoms with Crippen LogP contribution in [-0.4, -0.2) is 26.2 Å². The van der Waals surface area contributed by atoms with Gasteiger partial charge in [0.2, 0.25) is 0 Å². The molecule has 0 saturated heterocycles.